The summed E-state index contributed by atoms with van der Waals surface area (Å²) in [5, 5.41) is 4.03. The van der Waals surface area contributed by atoms with Crippen molar-refractivity contribution in [3.63, 3.8) is 0 Å². The van der Waals surface area contributed by atoms with E-state index in [0.717, 1.165) is 29.9 Å². The molecule has 1 aromatic carbocycles. The molecule has 18 heavy (non-hydrogen) atoms. The minimum Gasteiger partial charge on any atom is -0.399 e. The van der Waals surface area contributed by atoms with Crippen molar-refractivity contribution in [1.29, 1.82) is 0 Å². The Hall–Kier alpha value is -1.81. The van der Waals surface area contributed by atoms with Crippen LogP contribution in [0.3, 0.4) is 0 Å². The van der Waals surface area contributed by atoms with Crippen LogP contribution in [0.15, 0.2) is 35.0 Å². The Morgan fingerprint density at radius 2 is 2.28 bits per heavy atom. The Labute approximate surface area is 110 Å². The summed E-state index contributed by atoms with van der Waals surface area (Å²) >= 11 is 1.62. The van der Waals surface area contributed by atoms with Gasteiger partial charge in [-0.25, -0.2) is 0 Å². The molecule has 1 aliphatic rings. The Balaban J connectivity index is 1.81. The van der Waals surface area contributed by atoms with Crippen LogP contribution in [0, 0.1) is 0 Å². The van der Waals surface area contributed by atoms with E-state index < -0.39 is 0 Å². The summed E-state index contributed by atoms with van der Waals surface area (Å²) in [5.41, 5.74) is 9.81. The summed E-state index contributed by atoms with van der Waals surface area (Å²) < 4.78 is 0. The number of rotatable bonds is 2. The van der Waals surface area contributed by atoms with Gasteiger partial charge in [0.25, 0.3) is 0 Å². The fraction of sp³-hybridized carbons (Fsp3) is 0.214. The normalized spacial score (nSPS) is 13.7. The third-order valence-corrected chi connectivity index (χ3v) is 3.97. The van der Waals surface area contributed by atoms with Gasteiger partial charge < -0.3 is 10.6 Å². The Morgan fingerprint density at radius 1 is 1.39 bits per heavy atom. The molecular formula is C14H14N2OS. The van der Waals surface area contributed by atoms with E-state index in [1.54, 1.807) is 11.3 Å². The molecule has 0 spiro atoms. The van der Waals surface area contributed by atoms with Crippen molar-refractivity contribution in [3.8, 4) is 0 Å². The van der Waals surface area contributed by atoms with Gasteiger partial charge in [0.05, 0.1) is 6.42 Å². The number of hydrogen-bond donors (Lipinski definition) is 1. The van der Waals surface area contributed by atoms with Crippen LogP contribution in [-0.4, -0.2) is 12.5 Å². The lowest BCUT2D eigenvalue weighted by Gasteiger charge is -2.17. The molecule has 0 unspecified atom stereocenters. The van der Waals surface area contributed by atoms with Gasteiger partial charge in [0.2, 0.25) is 5.91 Å². The summed E-state index contributed by atoms with van der Waals surface area (Å²) in [7, 11) is 0. The van der Waals surface area contributed by atoms with Crippen LogP contribution in [0.5, 0.6) is 0 Å². The van der Waals surface area contributed by atoms with Crippen molar-refractivity contribution in [2.24, 2.45) is 0 Å². The van der Waals surface area contributed by atoms with Crippen LogP contribution < -0.4 is 10.6 Å². The largest absolute Gasteiger partial charge is 0.399 e. The molecule has 0 saturated heterocycles. The highest BCUT2D eigenvalue weighted by Gasteiger charge is 2.24. The van der Waals surface area contributed by atoms with E-state index in [-0.39, 0.29) is 5.91 Å². The van der Waals surface area contributed by atoms with Crippen molar-refractivity contribution in [3.05, 3.63) is 46.2 Å². The average Bonchev–Trinajstić information content (AvgIpc) is 2.97. The second kappa shape index (κ2) is 4.46. The molecule has 2 N–H and O–H groups in total. The Kier molecular flexibility index (Phi) is 2.80. The zero-order valence-corrected chi connectivity index (χ0v) is 10.7. The van der Waals surface area contributed by atoms with Crippen LogP contribution in [0.1, 0.15) is 11.1 Å². The number of nitrogens with two attached hydrogens (primary N) is 1. The smallest absolute Gasteiger partial charge is 0.231 e. The molecule has 92 valence electrons. The highest BCUT2D eigenvalue weighted by Crippen LogP contribution is 2.30. The van der Waals surface area contributed by atoms with Crippen molar-refractivity contribution < 1.29 is 4.79 Å². The number of hydrogen-bond acceptors (Lipinski definition) is 3. The molecule has 0 bridgehead atoms. The van der Waals surface area contributed by atoms with E-state index in [4.69, 9.17) is 5.73 Å². The molecule has 3 rings (SSSR count). The molecule has 0 saturated carbocycles. The fourth-order valence-electron chi connectivity index (χ4n) is 2.34. The maximum atomic E-state index is 12.3. The monoisotopic (exact) mass is 258 g/mol. The summed E-state index contributed by atoms with van der Waals surface area (Å²) in [6.45, 7) is 0.766. The lowest BCUT2D eigenvalue weighted by Crippen LogP contribution is -2.30. The van der Waals surface area contributed by atoms with Gasteiger partial charge in [-0.05, 0) is 52.6 Å². The topological polar surface area (TPSA) is 46.3 Å². The number of fused-ring (bicyclic) bond motifs is 1. The molecule has 4 heteroatoms. The lowest BCUT2D eigenvalue weighted by atomic mass is 10.1. The van der Waals surface area contributed by atoms with E-state index in [0.29, 0.717) is 6.42 Å². The SMILES string of the molecule is Nc1ccc2c(c1)CCN2C(=O)Cc1ccsc1. The first-order chi connectivity index (χ1) is 8.74. The van der Waals surface area contributed by atoms with E-state index in [1.165, 1.54) is 5.56 Å². The van der Waals surface area contributed by atoms with E-state index >= 15 is 0 Å². The Morgan fingerprint density at radius 3 is 3.06 bits per heavy atom. The summed E-state index contributed by atoms with van der Waals surface area (Å²) in [4.78, 5) is 14.1. The second-order valence-electron chi connectivity index (χ2n) is 4.49. The molecule has 1 aliphatic heterocycles. The first-order valence-electron chi connectivity index (χ1n) is 5.94. The van der Waals surface area contributed by atoms with Crippen molar-refractivity contribution >= 4 is 28.6 Å². The van der Waals surface area contributed by atoms with Crippen LogP contribution >= 0.6 is 11.3 Å². The molecular weight excluding hydrogens is 244 g/mol. The first kappa shape index (κ1) is 11.3. The van der Waals surface area contributed by atoms with Gasteiger partial charge in [-0.3, -0.25) is 4.79 Å². The number of thiophene rings is 1. The summed E-state index contributed by atoms with van der Waals surface area (Å²) in [6.07, 6.45) is 1.38. The summed E-state index contributed by atoms with van der Waals surface area (Å²) in [5.74, 6) is 0.164. The number of benzene rings is 1. The van der Waals surface area contributed by atoms with Gasteiger partial charge in [-0.15, -0.1) is 0 Å². The molecule has 1 aromatic heterocycles. The molecule has 0 fully saturated rings. The van der Waals surface area contributed by atoms with Gasteiger partial charge in [-0.2, -0.15) is 11.3 Å². The van der Waals surface area contributed by atoms with Crippen LogP contribution in [0.25, 0.3) is 0 Å². The number of carbonyl (C=O) groups excluding carboxylic acids is 1. The molecule has 1 amide bonds. The zero-order chi connectivity index (χ0) is 12.5. The van der Waals surface area contributed by atoms with Crippen LogP contribution in [0.2, 0.25) is 0 Å². The number of amides is 1. The van der Waals surface area contributed by atoms with E-state index in [1.807, 2.05) is 39.9 Å². The standard InChI is InChI=1S/C14H14N2OS/c15-12-1-2-13-11(8-12)3-5-16(13)14(17)7-10-4-6-18-9-10/h1-2,4,6,8-9H,3,5,7,15H2. The van der Waals surface area contributed by atoms with Crippen LogP contribution in [-0.2, 0) is 17.6 Å². The van der Waals surface area contributed by atoms with Crippen molar-refractivity contribution in [1.82, 2.24) is 0 Å². The number of carbonyl (C=O) groups is 1. The molecule has 0 aliphatic carbocycles. The minimum atomic E-state index is 0.164. The van der Waals surface area contributed by atoms with Gasteiger partial charge in [0.1, 0.15) is 0 Å². The number of anilines is 2. The predicted octanol–water partition coefficient (Wildman–Crippen LogP) is 2.46. The van der Waals surface area contributed by atoms with Gasteiger partial charge in [-0.1, -0.05) is 0 Å². The third-order valence-electron chi connectivity index (χ3n) is 3.24. The average molecular weight is 258 g/mol. The van der Waals surface area contributed by atoms with Crippen molar-refractivity contribution in [2.75, 3.05) is 17.2 Å². The quantitative estimate of drug-likeness (QED) is 0.841. The highest BCUT2D eigenvalue weighted by molar-refractivity contribution is 7.08. The predicted molar refractivity (Wildman–Crippen MR) is 74.9 cm³/mol. The molecule has 0 radical (unpaired) electrons. The maximum absolute atomic E-state index is 12.3. The van der Waals surface area contributed by atoms with Gasteiger partial charge in [0, 0.05) is 17.9 Å². The van der Waals surface area contributed by atoms with Gasteiger partial charge in [0.15, 0.2) is 0 Å². The van der Waals surface area contributed by atoms with Gasteiger partial charge >= 0.3 is 0 Å². The first-order valence-corrected chi connectivity index (χ1v) is 6.88. The number of nitrogen functional groups attached to an aromatic ring is 1. The molecule has 2 aromatic rings. The van der Waals surface area contributed by atoms with Crippen molar-refractivity contribution in [2.45, 2.75) is 12.8 Å². The van der Waals surface area contributed by atoms with Crippen LogP contribution in [0.4, 0.5) is 11.4 Å². The third kappa shape index (κ3) is 1.99. The Bertz CT molecular complexity index is 577. The molecule has 0 atom stereocenters. The summed E-state index contributed by atoms with van der Waals surface area (Å²) in [6, 6.07) is 7.77. The van der Waals surface area contributed by atoms with E-state index in [9.17, 15) is 4.79 Å². The van der Waals surface area contributed by atoms with E-state index in [2.05, 4.69) is 0 Å². The second-order valence-corrected chi connectivity index (χ2v) is 5.27. The molecule has 3 nitrogen and oxygen atoms in total. The highest BCUT2D eigenvalue weighted by atomic mass is 32.1. The fourth-order valence-corrected chi connectivity index (χ4v) is 3.01. The molecule has 2 heterocycles. The maximum Gasteiger partial charge on any atom is 0.231 e. The zero-order valence-electron chi connectivity index (χ0n) is 9.93. The lowest BCUT2D eigenvalue weighted by molar-refractivity contribution is -0.117. The minimum absolute atomic E-state index is 0.164. The number of nitrogens with zero attached hydrogens (tertiary/aromatic N) is 1.